The molecule has 1 aliphatic heterocycles. The summed E-state index contributed by atoms with van der Waals surface area (Å²) in [5, 5.41) is 30.6. The second-order valence-corrected chi connectivity index (χ2v) is 10.4. The van der Waals surface area contributed by atoms with Crippen LogP contribution in [0.15, 0.2) is 72.8 Å². The molecule has 0 amide bonds. The Morgan fingerprint density at radius 2 is 1.83 bits per heavy atom. The Kier molecular flexibility index (Phi) is 8.33. The second kappa shape index (κ2) is 11.5. The van der Waals surface area contributed by atoms with E-state index in [0.717, 1.165) is 30.6 Å². The standard InChI is InChI=1S/C30H33ClN2O3/c1-21(34)19-36-25-12-13-27(29(31)16-25)26-14-15-33(18-28(26)23-6-4-3-5-7-23)20-30(2,35)24-10-8-22(17-32)9-11-24/h3-13,16,21,26,28,34-35H,14-15,18-20H2,1-2H3/t21-,26?,28+,30-/m1/s1. The monoisotopic (exact) mass is 504 g/mol. The Labute approximate surface area is 218 Å². The maximum atomic E-state index is 11.3. The fraction of sp³-hybridized carbons (Fsp3) is 0.367. The van der Waals surface area contributed by atoms with E-state index in [0.29, 0.717) is 22.9 Å². The van der Waals surface area contributed by atoms with Crippen molar-refractivity contribution >= 4 is 11.6 Å². The molecule has 1 fully saturated rings. The van der Waals surface area contributed by atoms with Gasteiger partial charge >= 0.3 is 0 Å². The molecule has 1 unspecified atom stereocenters. The third-order valence-corrected chi connectivity index (χ3v) is 7.28. The van der Waals surface area contributed by atoms with E-state index < -0.39 is 11.7 Å². The van der Waals surface area contributed by atoms with Gasteiger partial charge in [-0.15, -0.1) is 0 Å². The van der Waals surface area contributed by atoms with Gasteiger partial charge in [-0.05, 0) is 73.7 Å². The number of aliphatic hydroxyl groups is 2. The molecular formula is C30H33ClN2O3. The van der Waals surface area contributed by atoms with Gasteiger partial charge in [0.2, 0.25) is 0 Å². The number of piperidine rings is 1. The van der Waals surface area contributed by atoms with Crippen LogP contribution in [0.25, 0.3) is 0 Å². The number of ether oxygens (including phenoxy) is 1. The molecule has 1 heterocycles. The Balaban J connectivity index is 1.55. The first kappa shape index (κ1) is 26.2. The molecule has 36 heavy (non-hydrogen) atoms. The Hall–Kier alpha value is -2.88. The molecular weight excluding hydrogens is 472 g/mol. The summed E-state index contributed by atoms with van der Waals surface area (Å²) in [6.45, 7) is 5.86. The van der Waals surface area contributed by atoms with Crippen molar-refractivity contribution in [3.05, 3.63) is 100 Å². The van der Waals surface area contributed by atoms with Crippen molar-refractivity contribution in [3.63, 3.8) is 0 Å². The first-order valence-corrected chi connectivity index (χ1v) is 12.8. The number of hydrogen-bond donors (Lipinski definition) is 2. The highest BCUT2D eigenvalue weighted by Gasteiger charge is 2.35. The lowest BCUT2D eigenvalue weighted by molar-refractivity contribution is 0.00576. The van der Waals surface area contributed by atoms with E-state index in [9.17, 15) is 10.2 Å². The minimum atomic E-state index is -1.04. The van der Waals surface area contributed by atoms with E-state index in [1.807, 2.05) is 43.3 Å². The smallest absolute Gasteiger partial charge is 0.120 e. The van der Waals surface area contributed by atoms with Gasteiger partial charge in [-0.25, -0.2) is 0 Å². The first-order chi connectivity index (χ1) is 17.3. The normalized spacial score (nSPS) is 20.8. The van der Waals surface area contributed by atoms with Gasteiger partial charge in [-0.3, -0.25) is 4.90 Å². The highest BCUT2D eigenvalue weighted by Crippen LogP contribution is 2.43. The fourth-order valence-electron chi connectivity index (χ4n) is 5.12. The van der Waals surface area contributed by atoms with Gasteiger partial charge < -0.3 is 14.9 Å². The van der Waals surface area contributed by atoms with Crippen LogP contribution >= 0.6 is 11.6 Å². The molecule has 188 valence electrons. The third-order valence-electron chi connectivity index (χ3n) is 6.95. The summed E-state index contributed by atoms with van der Waals surface area (Å²) in [6.07, 6.45) is 0.355. The SMILES string of the molecule is C[C@@H](O)COc1ccc(C2CCN(C[C@@](C)(O)c3ccc(C#N)cc3)C[C@H]2c2ccccc2)c(Cl)c1. The van der Waals surface area contributed by atoms with Crippen molar-refractivity contribution in [2.24, 2.45) is 0 Å². The zero-order chi connectivity index (χ0) is 25.7. The molecule has 0 aliphatic carbocycles. The minimum Gasteiger partial charge on any atom is -0.491 e. The van der Waals surface area contributed by atoms with Crippen LogP contribution in [0.3, 0.4) is 0 Å². The molecule has 1 aliphatic rings. The topological polar surface area (TPSA) is 76.7 Å². The molecule has 2 N–H and O–H groups in total. The maximum absolute atomic E-state index is 11.3. The van der Waals surface area contributed by atoms with Crippen molar-refractivity contribution in [2.75, 3.05) is 26.2 Å². The quantitative estimate of drug-likeness (QED) is 0.426. The van der Waals surface area contributed by atoms with Gasteiger partial charge in [0, 0.05) is 24.0 Å². The predicted molar refractivity (Wildman–Crippen MR) is 142 cm³/mol. The number of hydrogen-bond acceptors (Lipinski definition) is 5. The summed E-state index contributed by atoms with van der Waals surface area (Å²) < 4.78 is 5.64. The molecule has 0 aromatic heterocycles. The van der Waals surface area contributed by atoms with E-state index in [1.165, 1.54) is 5.56 Å². The van der Waals surface area contributed by atoms with E-state index in [-0.39, 0.29) is 18.4 Å². The summed E-state index contributed by atoms with van der Waals surface area (Å²) in [5.41, 5.74) is 2.68. The Bertz CT molecular complexity index is 1190. The predicted octanol–water partition coefficient (Wildman–Crippen LogP) is 5.45. The number of aliphatic hydroxyl groups excluding tert-OH is 1. The molecule has 0 saturated carbocycles. The van der Waals surface area contributed by atoms with Crippen LogP contribution in [0.4, 0.5) is 0 Å². The van der Waals surface area contributed by atoms with Gasteiger partial charge in [0.25, 0.3) is 0 Å². The largest absolute Gasteiger partial charge is 0.491 e. The Morgan fingerprint density at radius 3 is 2.47 bits per heavy atom. The van der Waals surface area contributed by atoms with Crippen molar-refractivity contribution in [2.45, 2.75) is 43.8 Å². The number of β-amino-alcohol motifs (C(OH)–C–C–N with tert-alkyl or cyclic N) is 1. The van der Waals surface area contributed by atoms with Crippen LogP contribution in [-0.2, 0) is 5.60 Å². The first-order valence-electron chi connectivity index (χ1n) is 12.4. The fourth-order valence-corrected chi connectivity index (χ4v) is 5.43. The molecule has 3 aromatic carbocycles. The van der Waals surface area contributed by atoms with Gasteiger partial charge in [-0.2, -0.15) is 5.26 Å². The van der Waals surface area contributed by atoms with Crippen LogP contribution in [0, 0.1) is 11.3 Å². The third kappa shape index (κ3) is 6.27. The molecule has 1 saturated heterocycles. The van der Waals surface area contributed by atoms with Crippen LogP contribution in [0.1, 0.15) is 54.4 Å². The number of halogens is 1. The number of rotatable bonds is 8. The average Bonchev–Trinajstić information content (AvgIpc) is 2.88. The van der Waals surface area contributed by atoms with Gasteiger partial charge in [0.1, 0.15) is 12.4 Å². The molecule has 6 heteroatoms. The molecule has 5 nitrogen and oxygen atoms in total. The summed E-state index contributed by atoms with van der Waals surface area (Å²) in [5.74, 6) is 1.08. The number of nitriles is 1. The van der Waals surface area contributed by atoms with E-state index in [1.54, 1.807) is 19.1 Å². The van der Waals surface area contributed by atoms with Crippen molar-refractivity contribution in [1.29, 1.82) is 5.26 Å². The van der Waals surface area contributed by atoms with Gasteiger partial charge in [-0.1, -0.05) is 60.1 Å². The molecule has 4 rings (SSSR count). The van der Waals surface area contributed by atoms with Crippen LogP contribution in [0.2, 0.25) is 5.02 Å². The maximum Gasteiger partial charge on any atom is 0.120 e. The van der Waals surface area contributed by atoms with Crippen molar-refractivity contribution in [3.8, 4) is 11.8 Å². The van der Waals surface area contributed by atoms with E-state index in [2.05, 4.69) is 35.2 Å². The van der Waals surface area contributed by atoms with Gasteiger partial charge in [0.15, 0.2) is 0 Å². The van der Waals surface area contributed by atoms with Crippen molar-refractivity contribution in [1.82, 2.24) is 4.90 Å². The lowest BCUT2D eigenvalue weighted by atomic mass is 9.76. The van der Waals surface area contributed by atoms with E-state index in [4.69, 9.17) is 21.6 Å². The van der Waals surface area contributed by atoms with Crippen LogP contribution < -0.4 is 4.74 Å². The van der Waals surface area contributed by atoms with Gasteiger partial charge in [0.05, 0.1) is 23.3 Å². The highest BCUT2D eigenvalue weighted by molar-refractivity contribution is 6.31. The number of nitrogens with zero attached hydrogens (tertiary/aromatic N) is 2. The molecule has 3 aromatic rings. The minimum absolute atomic E-state index is 0.207. The van der Waals surface area contributed by atoms with Crippen molar-refractivity contribution < 1.29 is 14.9 Å². The zero-order valence-corrected chi connectivity index (χ0v) is 21.5. The molecule has 0 bridgehead atoms. The number of benzene rings is 3. The summed E-state index contributed by atoms with van der Waals surface area (Å²) in [6, 6.07) is 25.6. The molecule has 0 radical (unpaired) electrons. The van der Waals surface area contributed by atoms with Crippen LogP contribution in [-0.4, -0.2) is 47.5 Å². The molecule has 4 atom stereocenters. The average molecular weight is 505 g/mol. The highest BCUT2D eigenvalue weighted by atomic mass is 35.5. The summed E-state index contributed by atoms with van der Waals surface area (Å²) in [7, 11) is 0. The summed E-state index contributed by atoms with van der Waals surface area (Å²) in [4.78, 5) is 2.32. The van der Waals surface area contributed by atoms with E-state index >= 15 is 0 Å². The number of likely N-dealkylation sites (tertiary alicyclic amines) is 1. The second-order valence-electron chi connectivity index (χ2n) is 9.95. The zero-order valence-electron chi connectivity index (χ0n) is 20.8. The van der Waals surface area contributed by atoms with Crippen LogP contribution in [0.5, 0.6) is 5.75 Å². The lowest BCUT2D eigenvalue weighted by Gasteiger charge is -2.42. The molecule has 0 spiro atoms. The Morgan fingerprint density at radius 1 is 1.11 bits per heavy atom. The lowest BCUT2D eigenvalue weighted by Crippen LogP contribution is -2.45. The summed E-state index contributed by atoms with van der Waals surface area (Å²) >= 11 is 6.76.